The molecule has 30 heavy (non-hydrogen) atoms. The molecule has 7 nitrogen and oxygen atoms in total. The first-order valence-corrected chi connectivity index (χ1v) is 10.0. The normalized spacial score (nSPS) is 11.4. The predicted molar refractivity (Wildman–Crippen MR) is 119 cm³/mol. The van der Waals surface area contributed by atoms with Gasteiger partial charge in [0.15, 0.2) is 5.96 Å². The summed E-state index contributed by atoms with van der Waals surface area (Å²) in [5.74, 6) is 1.56. The number of benzene rings is 2. The summed E-state index contributed by atoms with van der Waals surface area (Å²) >= 11 is 0. The van der Waals surface area contributed by atoms with E-state index in [1.807, 2.05) is 30.7 Å². The van der Waals surface area contributed by atoms with Gasteiger partial charge < -0.3 is 20.5 Å². The van der Waals surface area contributed by atoms with E-state index >= 15 is 0 Å². The number of aromatic hydroxyl groups is 1. The van der Waals surface area contributed by atoms with Gasteiger partial charge in [-0.05, 0) is 56.7 Å². The largest absolute Gasteiger partial charge is 0.508 e. The number of aliphatic imine (C=N–C) groups is 1. The van der Waals surface area contributed by atoms with Crippen molar-refractivity contribution in [3.05, 3.63) is 71.0 Å². The molecule has 0 radical (unpaired) electrons. The van der Waals surface area contributed by atoms with Gasteiger partial charge in [0, 0.05) is 24.3 Å². The van der Waals surface area contributed by atoms with Crippen molar-refractivity contribution in [2.45, 2.75) is 33.9 Å². The van der Waals surface area contributed by atoms with Gasteiger partial charge in [0.25, 0.3) is 0 Å². The quantitative estimate of drug-likeness (QED) is 0.413. The van der Waals surface area contributed by atoms with Gasteiger partial charge in [-0.2, -0.15) is 5.10 Å². The zero-order valence-corrected chi connectivity index (χ0v) is 17.9. The van der Waals surface area contributed by atoms with Gasteiger partial charge in [0.05, 0.1) is 25.0 Å². The first kappa shape index (κ1) is 21.2. The van der Waals surface area contributed by atoms with Crippen molar-refractivity contribution < 1.29 is 9.84 Å². The number of aromatic nitrogens is 2. The van der Waals surface area contributed by atoms with Crippen LogP contribution < -0.4 is 15.4 Å². The summed E-state index contributed by atoms with van der Waals surface area (Å²) in [6, 6.07) is 15.4. The Morgan fingerprint density at radius 2 is 1.90 bits per heavy atom. The maximum atomic E-state index is 10.1. The molecule has 1 aromatic heterocycles. The predicted octanol–water partition coefficient (Wildman–Crippen LogP) is 3.46. The van der Waals surface area contributed by atoms with Crippen LogP contribution in [0.2, 0.25) is 0 Å². The van der Waals surface area contributed by atoms with Crippen molar-refractivity contribution in [1.82, 2.24) is 20.4 Å². The van der Waals surface area contributed by atoms with E-state index in [1.54, 1.807) is 25.3 Å². The van der Waals surface area contributed by atoms with Crippen molar-refractivity contribution in [2.24, 2.45) is 4.99 Å². The van der Waals surface area contributed by atoms with Gasteiger partial charge in [-0.25, -0.2) is 9.67 Å². The van der Waals surface area contributed by atoms with Crippen LogP contribution in [-0.4, -0.2) is 34.5 Å². The highest BCUT2D eigenvalue weighted by molar-refractivity contribution is 5.79. The third-order valence-corrected chi connectivity index (χ3v) is 4.71. The molecule has 0 spiro atoms. The Morgan fingerprint density at radius 1 is 1.10 bits per heavy atom. The summed E-state index contributed by atoms with van der Waals surface area (Å²) < 4.78 is 7.20. The van der Waals surface area contributed by atoms with Crippen LogP contribution in [0, 0.1) is 13.8 Å². The first-order valence-electron chi connectivity index (χ1n) is 10.0. The minimum atomic E-state index is 0.199. The number of hydrogen-bond donors (Lipinski definition) is 3. The number of nitrogens with one attached hydrogen (secondary N) is 2. The molecular weight excluding hydrogens is 378 g/mol. The summed E-state index contributed by atoms with van der Waals surface area (Å²) in [7, 11) is 1.60. The summed E-state index contributed by atoms with van der Waals surface area (Å²) in [6.07, 6.45) is 0. The Bertz CT molecular complexity index is 1030. The highest BCUT2D eigenvalue weighted by atomic mass is 16.5. The number of nitrogens with zero attached hydrogens (tertiary/aromatic N) is 3. The van der Waals surface area contributed by atoms with Gasteiger partial charge in [-0.1, -0.05) is 18.2 Å². The molecule has 0 aliphatic rings. The molecule has 0 saturated carbocycles. The van der Waals surface area contributed by atoms with Crippen LogP contribution in [0.5, 0.6) is 11.5 Å². The fraction of sp³-hybridized carbons (Fsp3) is 0.304. The lowest BCUT2D eigenvalue weighted by Gasteiger charge is -2.15. The number of rotatable bonds is 7. The van der Waals surface area contributed by atoms with Gasteiger partial charge in [0.1, 0.15) is 11.5 Å². The summed E-state index contributed by atoms with van der Waals surface area (Å²) in [6.45, 7) is 7.71. The topological polar surface area (TPSA) is 83.7 Å². The van der Waals surface area contributed by atoms with Gasteiger partial charge in [0.2, 0.25) is 0 Å². The SMILES string of the molecule is CCNC(=NCc1cc(OC)ccc1O)NCc1ccccc1-n1nc(C)cc1C. The second-order valence-electron chi connectivity index (χ2n) is 7.01. The van der Waals surface area contributed by atoms with Gasteiger partial charge in [-0.3, -0.25) is 0 Å². The molecule has 158 valence electrons. The van der Waals surface area contributed by atoms with Crippen LogP contribution >= 0.6 is 0 Å². The van der Waals surface area contributed by atoms with E-state index in [-0.39, 0.29) is 5.75 Å². The van der Waals surface area contributed by atoms with E-state index in [4.69, 9.17) is 4.74 Å². The number of phenolic OH excluding ortho intramolecular Hbond substituents is 1. The lowest BCUT2D eigenvalue weighted by molar-refractivity contribution is 0.411. The molecule has 3 aromatic rings. The maximum Gasteiger partial charge on any atom is 0.191 e. The van der Waals surface area contributed by atoms with E-state index in [9.17, 15) is 5.11 Å². The van der Waals surface area contributed by atoms with Crippen LogP contribution in [-0.2, 0) is 13.1 Å². The van der Waals surface area contributed by atoms with Crippen LogP contribution in [0.25, 0.3) is 5.69 Å². The number of phenols is 1. The molecule has 0 atom stereocenters. The number of para-hydroxylation sites is 1. The Hall–Kier alpha value is -3.48. The smallest absolute Gasteiger partial charge is 0.191 e. The third kappa shape index (κ3) is 5.11. The first-order chi connectivity index (χ1) is 14.5. The number of hydrogen-bond acceptors (Lipinski definition) is 4. The van der Waals surface area contributed by atoms with Crippen molar-refractivity contribution in [1.29, 1.82) is 0 Å². The van der Waals surface area contributed by atoms with Crippen LogP contribution in [0.3, 0.4) is 0 Å². The third-order valence-electron chi connectivity index (χ3n) is 4.71. The van der Waals surface area contributed by atoms with Crippen LogP contribution in [0.4, 0.5) is 0 Å². The van der Waals surface area contributed by atoms with E-state index in [1.165, 1.54) is 0 Å². The molecule has 2 aromatic carbocycles. The second kappa shape index (κ2) is 9.82. The highest BCUT2D eigenvalue weighted by Gasteiger charge is 2.10. The fourth-order valence-electron chi connectivity index (χ4n) is 3.24. The molecule has 3 N–H and O–H groups in total. The number of methoxy groups -OCH3 is 1. The molecule has 0 aliphatic heterocycles. The standard InChI is InChI=1S/C23H29N5O2/c1-5-24-23(26-15-19-13-20(30-4)10-11-22(19)29)25-14-18-8-6-7-9-21(18)28-17(3)12-16(2)27-28/h6-13,29H,5,14-15H2,1-4H3,(H2,24,25,26). The monoisotopic (exact) mass is 407 g/mol. The molecule has 0 fully saturated rings. The molecule has 1 heterocycles. The number of ether oxygens (including phenoxy) is 1. The molecule has 7 heteroatoms. The summed E-state index contributed by atoms with van der Waals surface area (Å²) in [5, 5.41) is 21.3. The lowest BCUT2D eigenvalue weighted by atomic mass is 10.1. The van der Waals surface area contributed by atoms with Gasteiger partial charge in [-0.15, -0.1) is 0 Å². The Labute approximate surface area is 177 Å². The minimum absolute atomic E-state index is 0.199. The van der Waals surface area contributed by atoms with Gasteiger partial charge >= 0.3 is 0 Å². The molecule has 0 saturated heterocycles. The maximum absolute atomic E-state index is 10.1. The van der Waals surface area contributed by atoms with Crippen molar-refractivity contribution in [3.8, 4) is 17.2 Å². The highest BCUT2D eigenvalue weighted by Crippen LogP contribution is 2.23. The molecular formula is C23H29N5O2. The number of aryl methyl sites for hydroxylation is 2. The zero-order valence-electron chi connectivity index (χ0n) is 17.9. The molecule has 0 bridgehead atoms. The summed E-state index contributed by atoms with van der Waals surface area (Å²) in [5.41, 5.74) is 4.93. The van der Waals surface area contributed by atoms with E-state index in [2.05, 4.69) is 45.8 Å². The molecule has 3 rings (SSSR count). The minimum Gasteiger partial charge on any atom is -0.508 e. The number of guanidine groups is 1. The van der Waals surface area contributed by atoms with Crippen molar-refractivity contribution in [3.63, 3.8) is 0 Å². The Morgan fingerprint density at radius 3 is 2.60 bits per heavy atom. The second-order valence-corrected chi connectivity index (χ2v) is 7.01. The van der Waals surface area contributed by atoms with Crippen molar-refractivity contribution in [2.75, 3.05) is 13.7 Å². The fourth-order valence-corrected chi connectivity index (χ4v) is 3.24. The molecule has 0 unspecified atom stereocenters. The average Bonchev–Trinajstić information content (AvgIpc) is 3.09. The average molecular weight is 408 g/mol. The molecule has 0 aliphatic carbocycles. The van der Waals surface area contributed by atoms with Crippen molar-refractivity contribution >= 4 is 5.96 Å². The lowest BCUT2D eigenvalue weighted by Crippen LogP contribution is -2.37. The van der Waals surface area contributed by atoms with E-state index < -0.39 is 0 Å². The van der Waals surface area contributed by atoms with E-state index in [0.29, 0.717) is 30.4 Å². The zero-order chi connectivity index (χ0) is 21.5. The van der Waals surface area contributed by atoms with Crippen LogP contribution in [0.15, 0.2) is 53.5 Å². The molecule has 0 amide bonds. The van der Waals surface area contributed by atoms with Crippen LogP contribution in [0.1, 0.15) is 29.4 Å². The summed E-state index contributed by atoms with van der Waals surface area (Å²) in [4.78, 5) is 4.62. The Kier molecular flexibility index (Phi) is 6.95. The van der Waals surface area contributed by atoms with E-state index in [0.717, 1.165) is 29.2 Å². The Balaban J connectivity index is 1.77.